The van der Waals surface area contributed by atoms with E-state index in [2.05, 4.69) is 4.72 Å². The van der Waals surface area contributed by atoms with Gasteiger partial charge in [0.15, 0.2) is 0 Å². The zero-order valence-corrected chi connectivity index (χ0v) is 12.7. The molecular formula is C13H12INO2S. The van der Waals surface area contributed by atoms with E-state index in [4.69, 9.17) is 0 Å². The molecule has 0 unspecified atom stereocenters. The fraction of sp³-hybridized carbons (Fsp3) is 0.0769. The molecular weight excluding hydrogens is 361 g/mol. The Hall–Kier alpha value is -1.08. The van der Waals surface area contributed by atoms with E-state index < -0.39 is 10.0 Å². The van der Waals surface area contributed by atoms with E-state index in [1.54, 1.807) is 36.4 Å². The summed E-state index contributed by atoms with van der Waals surface area (Å²) in [6.07, 6.45) is 0. The minimum atomic E-state index is -3.52. The molecule has 0 amide bonds. The predicted molar refractivity (Wildman–Crippen MR) is 81.1 cm³/mol. The molecule has 1 N–H and O–H groups in total. The Labute approximate surface area is 120 Å². The summed E-state index contributed by atoms with van der Waals surface area (Å²) in [4.78, 5) is 0.303. The number of anilines is 1. The average molecular weight is 373 g/mol. The topological polar surface area (TPSA) is 46.2 Å². The maximum Gasteiger partial charge on any atom is 0.262 e. The molecule has 0 aliphatic rings. The van der Waals surface area contributed by atoms with E-state index in [0.717, 1.165) is 9.13 Å². The van der Waals surface area contributed by atoms with Crippen molar-refractivity contribution in [2.75, 3.05) is 4.72 Å². The highest BCUT2D eigenvalue weighted by atomic mass is 127. The van der Waals surface area contributed by atoms with Gasteiger partial charge in [-0.05, 0) is 59.3 Å². The van der Waals surface area contributed by atoms with Crippen LogP contribution in [-0.4, -0.2) is 8.42 Å². The Morgan fingerprint density at radius 3 is 2.33 bits per heavy atom. The van der Waals surface area contributed by atoms with Gasteiger partial charge in [-0.2, -0.15) is 0 Å². The molecule has 0 spiro atoms. The minimum Gasteiger partial charge on any atom is -0.280 e. The Kier molecular flexibility index (Phi) is 3.91. The zero-order chi connectivity index (χ0) is 13.2. The molecule has 0 saturated carbocycles. The van der Waals surface area contributed by atoms with Crippen molar-refractivity contribution in [3.8, 4) is 0 Å². The van der Waals surface area contributed by atoms with Gasteiger partial charge in [-0.25, -0.2) is 8.42 Å². The summed E-state index contributed by atoms with van der Waals surface area (Å²) < 4.78 is 27.7. The lowest BCUT2D eigenvalue weighted by Crippen LogP contribution is -2.14. The summed E-state index contributed by atoms with van der Waals surface area (Å²) in [7, 11) is -3.52. The van der Waals surface area contributed by atoms with Crippen LogP contribution in [0.15, 0.2) is 53.4 Å². The first-order chi connectivity index (χ1) is 8.49. The van der Waals surface area contributed by atoms with Crippen molar-refractivity contribution < 1.29 is 8.42 Å². The minimum absolute atomic E-state index is 0.303. The van der Waals surface area contributed by atoms with Crippen LogP contribution in [0.5, 0.6) is 0 Å². The number of nitrogens with one attached hydrogen (secondary N) is 1. The molecule has 0 fully saturated rings. The standard InChI is InChI=1S/C13H12INO2S/c1-10-7-8-13(12(14)9-10)18(16,17)15-11-5-3-2-4-6-11/h2-9,15H,1H3. The summed E-state index contributed by atoms with van der Waals surface area (Å²) in [5, 5.41) is 0. The van der Waals surface area contributed by atoms with Gasteiger partial charge in [0.1, 0.15) is 4.90 Å². The smallest absolute Gasteiger partial charge is 0.262 e. The van der Waals surface area contributed by atoms with Gasteiger partial charge in [0, 0.05) is 9.26 Å². The highest BCUT2D eigenvalue weighted by Crippen LogP contribution is 2.22. The van der Waals surface area contributed by atoms with Crippen LogP contribution in [0.25, 0.3) is 0 Å². The first-order valence-electron chi connectivity index (χ1n) is 5.33. The van der Waals surface area contributed by atoms with Gasteiger partial charge in [0.2, 0.25) is 0 Å². The molecule has 3 nitrogen and oxygen atoms in total. The number of para-hydroxylation sites is 1. The Morgan fingerprint density at radius 1 is 1.06 bits per heavy atom. The van der Waals surface area contributed by atoms with Gasteiger partial charge in [-0.3, -0.25) is 4.72 Å². The largest absolute Gasteiger partial charge is 0.280 e. The van der Waals surface area contributed by atoms with Crippen molar-refractivity contribution in [3.05, 3.63) is 57.7 Å². The third kappa shape index (κ3) is 3.02. The lowest BCUT2D eigenvalue weighted by Gasteiger charge is -2.09. The number of rotatable bonds is 3. The van der Waals surface area contributed by atoms with Crippen LogP contribution in [0.2, 0.25) is 0 Å². The molecule has 94 valence electrons. The second kappa shape index (κ2) is 5.27. The summed E-state index contributed by atoms with van der Waals surface area (Å²) in [6, 6.07) is 14.1. The number of halogens is 1. The van der Waals surface area contributed by atoms with Crippen molar-refractivity contribution in [3.63, 3.8) is 0 Å². The Balaban J connectivity index is 2.37. The molecule has 0 atom stereocenters. The van der Waals surface area contributed by atoms with Crippen molar-refractivity contribution in [2.24, 2.45) is 0 Å². The van der Waals surface area contributed by atoms with Gasteiger partial charge >= 0.3 is 0 Å². The van der Waals surface area contributed by atoms with Gasteiger partial charge < -0.3 is 0 Å². The number of benzene rings is 2. The van der Waals surface area contributed by atoms with Crippen LogP contribution in [0, 0.1) is 10.5 Å². The molecule has 0 radical (unpaired) electrons. The third-order valence-corrected chi connectivity index (χ3v) is 5.10. The van der Waals surface area contributed by atoms with E-state index in [0.29, 0.717) is 10.6 Å². The van der Waals surface area contributed by atoms with Gasteiger partial charge in [0.05, 0.1) is 0 Å². The predicted octanol–water partition coefficient (Wildman–Crippen LogP) is 3.40. The summed E-state index contributed by atoms with van der Waals surface area (Å²) in [5.74, 6) is 0. The van der Waals surface area contributed by atoms with Gasteiger partial charge in [0.25, 0.3) is 10.0 Å². The highest BCUT2D eigenvalue weighted by Gasteiger charge is 2.17. The first-order valence-corrected chi connectivity index (χ1v) is 7.89. The number of hydrogen-bond acceptors (Lipinski definition) is 2. The molecule has 0 bridgehead atoms. The molecule has 0 heterocycles. The highest BCUT2D eigenvalue weighted by molar-refractivity contribution is 14.1. The van der Waals surface area contributed by atoms with Crippen molar-refractivity contribution >= 4 is 38.3 Å². The molecule has 2 aromatic rings. The van der Waals surface area contributed by atoms with E-state index in [1.165, 1.54) is 0 Å². The van der Waals surface area contributed by atoms with Crippen LogP contribution < -0.4 is 4.72 Å². The number of aryl methyl sites for hydroxylation is 1. The molecule has 5 heteroatoms. The fourth-order valence-corrected chi connectivity index (χ4v) is 4.20. The molecule has 0 saturated heterocycles. The quantitative estimate of drug-likeness (QED) is 0.839. The average Bonchev–Trinajstić information content (AvgIpc) is 2.29. The second-order valence-corrected chi connectivity index (χ2v) is 6.72. The normalized spacial score (nSPS) is 11.2. The maximum atomic E-state index is 12.2. The molecule has 0 aliphatic carbocycles. The van der Waals surface area contributed by atoms with Crippen LogP contribution in [0.4, 0.5) is 5.69 Å². The van der Waals surface area contributed by atoms with Crippen molar-refractivity contribution in [1.29, 1.82) is 0 Å². The Morgan fingerprint density at radius 2 is 1.72 bits per heavy atom. The van der Waals surface area contributed by atoms with Crippen LogP contribution in [0.1, 0.15) is 5.56 Å². The lowest BCUT2D eigenvalue weighted by molar-refractivity contribution is 0.600. The van der Waals surface area contributed by atoms with Crippen LogP contribution in [0.3, 0.4) is 0 Å². The van der Waals surface area contributed by atoms with Crippen LogP contribution in [-0.2, 0) is 10.0 Å². The summed E-state index contributed by atoms with van der Waals surface area (Å²) in [5.41, 5.74) is 1.60. The van der Waals surface area contributed by atoms with Gasteiger partial charge in [-0.1, -0.05) is 24.3 Å². The lowest BCUT2D eigenvalue weighted by atomic mass is 10.2. The maximum absolute atomic E-state index is 12.2. The van der Waals surface area contributed by atoms with E-state index in [-0.39, 0.29) is 0 Å². The van der Waals surface area contributed by atoms with Crippen molar-refractivity contribution in [1.82, 2.24) is 0 Å². The van der Waals surface area contributed by atoms with E-state index in [9.17, 15) is 8.42 Å². The number of sulfonamides is 1. The molecule has 2 rings (SSSR count). The van der Waals surface area contributed by atoms with Crippen molar-refractivity contribution in [2.45, 2.75) is 11.8 Å². The molecule has 0 aromatic heterocycles. The Bertz CT molecular complexity index is 654. The fourth-order valence-electron chi connectivity index (χ4n) is 1.54. The SMILES string of the molecule is Cc1ccc(S(=O)(=O)Nc2ccccc2)c(I)c1. The molecule has 0 aliphatic heterocycles. The van der Waals surface area contributed by atoms with E-state index >= 15 is 0 Å². The summed E-state index contributed by atoms with van der Waals surface area (Å²) in [6.45, 7) is 1.93. The van der Waals surface area contributed by atoms with Crippen LogP contribution >= 0.6 is 22.6 Å². The molecule has 18 heavy (non-hydrogen) atoms. The zero-order valence-electron chi connectivity index (χ0n) is 9.72. The summed E-state index contributed by atoms with van der Waals surface area (Å²) >= 11 is 2.03. The monoisotopic (exact) mass is 373 g/mol. The van der Waals surface area contributed by atoms with E-state index in [1.807, 2.05) is 41.6 Å². The molecule has 2 aromatic carbocycles. The third-order valence-electron chi connectivity index (χ3n) is 2.40. The number of hydrogen-bond donors (Lipinski definition) is 1. The second-order valence-electron chi connectivity index (χ2n) is 3.91. The first kappa shape index (κ1) is 13.4. The van der Waals surface area contributed by atoms with Gasteiger partial charge in [-0.15, -0.1) is 0 Å².